The van der Waals surface area contributed by atoms with Gasteiger partial charge in [0.25, 0.3) is 11.1 Å². The molecule has 0 bridgehead atoms. The molecule has 0 spiro atoms. The van der Waals surface area contributed by atoms with Crippen LogP contribution in [0.4, 0.5) is 8.78 Å². The number of ether oxygens (including phenoxy) is 1. The van der Waals surface area contributed by atoms with Gasteiger partial charge in [0, 0.05) is 11.1 Å². The third kappa shape index (κ3) is 4.34. The average molecular weight is 402 g/mol. The summed E-state index contributed by atoms with van der Waals surface area (Å²) in [6.45, 7) is -2.87. The van der Waals surface area contributed by atoms with E-state index in [1.54, 1.807) is 12.1 Å². The predicted molar refractivity (Wildman–Crippen MR) is 95.7 cm³/mol. The molecule has 4 rings (SSSR count). The fourth-order valence-electron chi connectivity index (χ4n) is 2.30. The molecule has 2 aromatic carbocycles. The minimum atomic E-state index is -2.87. The highest BCUT2D eigenvalue weighted by Crippen LogP contribution is 2.27. The van der Waals surface area contributed by atoms with Crippen LogP contribution in [0.3, 0.4) is 0 Å². The van der Waals surface area contributed by atoms with E-state index in [9.17, 15) is 8.78 Å². The molecular formula is C18H12F2N4O3S. The van der Waals surface area contributed by atoms with Crippen LogP contribution in [0.5, 0.6) is 5.75 Å². The van der Waals surface area contributed by atoms with Gasteiger partial charge in [-0.15, -0.1) is 10.2 Å². The van der Waals surface area contributed by atoms with Crippen LogP contribution in [-0.4, -0.2) is 26.9 Å². The van der Waals surface area contributed by atoms with E-state index in [1.807, 2.05) is 30.3 Å². The van der Waals surface area contributed by atoms with Gasteiger partial charge in [-0.1, -0.05) is 35.1 Å². The van der Waals surface area contributed by atoms with Crippen molar-refractivity contribution >= 4 is 11.8 Å². The molecule has 0 aliphatic rings. The quantitative estimate of drug-likeness (QED) is 0.412. The summed E-state index contributed by atoms with van der Waals surface area (Å²) >= 11 is 1.26. The summed E-state index contributed by atoms with van der Waals surface area (Å²) in [6.07, 6.45) is 0. The van der Waals surface area contributed by atoms with E-state index in [1.165, 1.54) is 23.9 Å². The molecule has 7 nitrogen and oxygen atoms in total. The van der Waals surface area contributed by atoms with Gasteiger partial charge in [0.2, 0.25) is 5.89 Å². The molecule has 2 heterocycles. The van der Waals surface area contributed by atoms with Crippen LogP contribution in [0.25, 0.3) is 22.9 Å². The van der Waals surface area contributed by atoms with E-state index in [0.717, 1.165) is 5.56 Å². The first-order valence-corrected chi connectivity index (χ1v) is 9.05. The highest BCUT2D eigenvalue weighted by molar-refractivity contribution is 7.98. The molecule has 28 heavy (non-hydrogen) atoms. The van der Waals surface area contributed by atoms with Gasteiger partial charge in [-0.25, -0.2) is 0 Å². The van der Waals surface area contributed by atoms with Gasteiger partial charge in [-0.05, 0) is 36.4 Å². The zero-order valence-electron chi connectivity index (χ0n) is 14.2. The summed E-state index contributed by atoms with van der Waals surface area (Å²) in [6, 6.07) is 15.4. The van der Waals surface area contributed by atoms with Crippen LogP contribution in [0.15, 0.2) is 68.8 Å². The summed E-state index contributed by atoms with van der Waals surface area (Å²) in [5, 5.41) is 12.2. The summed E-state index contributed by atoms with van der Waals surface area (Å²) in [5.74, 6) is 1.65. The van der Waals surface area contributed by atoms with Gasteiger partial charge in [0.15, 0.2) is 5.82 Å². The van der Waals surface area contributed by atoms with Crippen molar-refractivity contribution in [1.82, 2.24) is 20.3 Å². The molecule has 0 fully saturated rings. The SMILES string of the molecule is FC(F)Oc1ccc(-c2nnc(SCc3noc(-c4ccccc4)n3)o2)cc1. The number of halogens is 2. The number of thioether (sulfide) groups is 1. The first kappa shape index (κ1) is 18.1. The van der Waals surface area contributed by atoms with Gasteiger partial charge in [0.1, 0.15) is 5.75 Å². The summed E-state index contributed by atoms with van der Waals surface area (Å²) in [5.41, 5.74) is 1.43. The van der Waals surface area contributed by atoms with Gasteiger partial charge in [-0.2, -0.15) is 13.8 Å². The molecule has 0 amide bonds. The summed E-state index contributed by atoms with van der Waals surface area (Å²) in [4.78, 5) is 4.33. The van der Waals surface area contributed by atoms with E-state index in [-0.39, 0.29) is 11.6 Å². The first-order valence-electron chi connectivity index (χ1n) is 8.07. The molecule has 0 saturated heterocycles. The zero-order valence-corrected chi connectivity index (χ0v) is 15.0. The topological polar surface area (TPSA) is 87.1 Å². The van der Waals surface area contributed by atoms with Gasteiger partial charge >= 0.3 is 6.61 Å². The fraction of sp³-hybridized carbons (Fsp3) is 0.111. The Hall–Kier alpha value is -3.27. The van der Waals surface area contributed by atoms with Crippen LogP contribution in [0.1, 0.15) is 5.82 Å². The molecule has 0 aliphatic carbocycles. The highest BCUT2D eigenvalue weighted by Gasteiger charge is 2.13. The molecular weight excluding hydrogens is 390 g/mol. The number of hydrogen-bond donors (Lipinski definition) is 0. The van der Waals surface area contributed by atoms with Gasteiger partial charge in [-0.3, -0.25) is 0 Å². The highest BCUT2D eigenvalue weighted by atomic mass is 32.2. The lowest BCUT2D eigenvalue weighted by molar-refractivity contribution is -0.0498. The Morgan fingerprint density at radius 3 is 2.43 bits per heavy atom. The predicted octanol–water partition coefficient (Wildman–Crippen LogP) is 4.68. The minimum Gasteiger partial charge on any atom is -0.435 e. The lowest BCUT2D eigenvalue weighted by Crippen LogP contribution is -2.01. The largest absolute Gasteiger partial charge is 0.435 e. The van der Waals surface area contributed by atoms with E-state index in [2.05, 4.69) is 25.1 Å². The fourth-order valence-corrected chi connectivity index (χ4v) is 2.91. The van der Waals surface area contributed by atoms with Crippen LogP contribution < -0.4 is 4.74 Å². The monoisotopic (exact) mass is 402 g/mol. The standard InChI is InChI=1S/C18H12F2N4O3S/c19-17(20)25-13-8-6-12(7-9-13)16-22-23-18(26-16)28-10-14-21-15(27-24-14)11-4-2-1-3-5-11/h1-9,17H,10H2. The minimum absolute atomic E-state index is 0.0548. The third-order valence-corrected chi connectivity index (χ3v) is 4.36. The van der Waals surface area contributed by atoms with Gasteiger partial charge in [0.05, 0.1) is 5.75 Å². The molecule has 4 aromatic rings. The Morgan fingerprint density at radius 2 is 1.68 bits per heavy atom. The number of nitrogens with zero attached hydrogens (tertiary/aromatic N) is 4. The van der Waals surface area contributed by atoms with Crippen molar-refractivity contribution in [1.29, 1.82) is 0 Å². The Balaban J connectivity index is 1.38. The van der Waals surface area contributed by atoms with Crippen LogP contribution >= 0.6 is 11.8 Å². The summed E-state index contributed by atoms with van der Waals surface area (Å²) < 4.78 is 39.5. The molecule has 0 unspecified atom stereocenters. The number of rotatable bonds is 7. The number of hydrogen-bond acceptors (Lipinski definition) is 8. The first-order chi connectivity index (χ1) is 13.7. The normalized spacial score (nSPS) is 11.1. The van der Waals surface area contributed by atoms with Crippen LogP contribution in [0.2, 0.25) is 0 Å². The Morgan fingerprint density at radius 1 is 0.929 bits per heavy atom. The van der Waals surface area contributed by atoms with E-state index < -0.39 is 6.61 Å². The van der Waals surface area contributed by atoms with Crippen molar-refractivity contribution in [2.24, 2.45) is 0 Å². The Kier molecular flexibility index (Phi) is 5.29. The second-order valence-corrected chi connectivity index (χ2v) is 6.37. The lowest BCUT2D eigenvalue weighted by atomic mass is 10.2. The van der Waals surface area contributed by atoms with E-state index >= 15 is 0 Å². The molecule has 0 atom stereocenters. The third-order valence-electron chi connectivity index (χ3n) is 3.55. The molecule has 2 aromatic heterocycles. The van der Waals surface area contributed by atoms with Crippen molar-refractivity contribution < 1.29 is 22.5 Å². The van der Waals surface area contributed by atoms with Crippen molar-refractivity contribution in [3.05, 3.63) is 60.4 Å². The summed E-state index contributed by atoms with van der Waals surface area (Å²) in [7, 11) is 0. The van der Waals surface area contributed by atoms with Gasteiger partial charge < -0.3 is 13.7 Å². The van der Waals surface area contributed by atoms with Crippen LogP contribution in [0, 0.1) is 0 Å². The average Bonchev–Trinajstić information content (AvgIpc) is 3.37. The van der Waals surface area contributed by atoms with Crippen molar-refractivity contribution in [2.75, 3.05) is 0 Å². The van der Waals surface area contributed by atoms with Crippen LogP contribution in [-0.2, 0) is 5.75 Å². The number of alkyl halides is 2. The van der Waals surface area contributed by atoms with E-state index in [0.29, 0.717) is 28.3 Å². The maximum absolute atomic E-state index is 12.2. The molecule has 0 aliphatic heterocycles. The molecule has 142 valence electrons. The molecule has 0 saturated carbocycles. The van der Waals surface area contributed by atoms with E-state index in [4.69, 9.17) is 8.94 Å². The number of benzene rings is 2. The van der Waals surface area contributed by atoms with Crippen molar-refractivity contribution in [3.8, 4) is 28.7 Å². The zero-order chi connectivity index (χ0) is 19.3. The maximum Gasteiger partial charge on any atom is 0.387 e. The molecule has 0 radical (unpaired) electrons. The van der Waals surface area contributed by atoms with Crippen molar-refractivity contribution in [3.63, 3.8) is 0 Å². The second kappa shape index (κ2) is 8.17. The molecule has 0 N–H and O–H groups in total. The van der Waals surface area contributed by atoms with Crippen molar-refractivity contribution in [2.45, 2.75) is 17.6 Å². The smallest absolute Gasteiger partial charge is 0.387 e. The Labute approximate surface area is 161 Å². The Bertz CT molecular complexity index is 1040. The number of aromatic nitrogens is 4. The molecule has 10 heteroatoms. The lowest BCUT2D eigenvalue weighted by Gasteiger charge is -2.03. The maximum atomic E-state index is 12.2. The second-order valence-electron chi connectivity index (χ2n) is 5.45.